The summed E-state index contributed by atoms with van der Waals surface area (Å²) in [6.07, 6.45) is -4.47. The van der Waals surface area contributed by atoms with Gasteiger partial charge in [0.2, 0.25) is 0 Å². The summed E-state index contributed by atoms with van der Waals surface area (Å²) in [6, 6.07) is 3.40. The summed E-state index contributed by atoms with van der Waals surface area (Å²) in [7, 11) is 0. The largest absolute Gasteiger partial charge is 0.461 e. The molecule has 25 heavy (non-hydrogen) atoms. The minimum absolute atomic E-state index is 0.0205. The molecular formula is C16H20F3N3O3. The third kappa shape index (κ3) is 5.09. The second-order valence-electron chi connectivity index (χ2n) is 5.36. The number of carbonyl (C=O) groups excluding carboxylic acids is 1. The number of halogens is 3. The van der Waals surface area contributed by atoms with Crippen molar-refractivity contribution in [1.82, 2.24) is 0 Å². The molecule has 9 heteroatoms. The molecule has 1 aromatic carbocycles. The number of anilines is 2. The molecule has 1 saturated heterocycles. The van der Waals surface area contributed by atoms with Crippen LogP contribution in [0.15, 0.2) is 23.3 Å². The molecule has 0 aliphatic carbocycles. The third-order valence-corrected chi connectivity index (χ3v) is 3.59. The lowest BCUT2D eigenvalue weighted by Gasteiger charge is -2.30. The number of alkyl halides is 3. The van der Waals surface area contributed by atoms with E-state index in [1.807, 2.05) is 4.90 Å². The number of nitrogens with one attached hydrogen (secondary N) is 1. The highest BCUT2D eigenvalue weighted by Crippen LogP contribution is 2.35. The first-order chi connectivity index (χ1) is 11.8. The van der Waals surface area contributed by atoms with Crippen LogP contribution in [0, 0.1) is 0 Å². The average molecular weight is 359 g/mol. The van der Waals surface area contributed by atoms with Gasteiger partial charge >= 0.3 is 12.1 Å². The van der Waals surface area contributed by atoms with Crippen molar-refractivity contribution in [2.24, 2.45) is 5.10 Å². The van der Waals surface area contributed by atoms with E-state index in [1.165, 1.54) is 13.0 Å². The summed E-state index contributed by atoms with van der Waals surface area (Å²) >= 11 is 0. The molecule has 1 fully saturated rings. The topological polar surface area (TPSA) is 63.2 Å². The molecule has 0 amide bonds. The van der Waals surface area contributed by atoms with Gasteiger partial charge in [-0.05, 0) is 32.0 Å². The summed E-state index contributed by atoms with van der Waals surface area (Å²) in [4.78, 5) is 13.5. The summed E-state index contributed by atoms with van der Waals surface area (Å²) < 4.78 is 49.1. The number of esters is 1. The van der Waals surface area contributed by atoms with Gasteiger partial charge in [-0.1, -0.05) is 0 Å². The first kappa shape index (κ1) is 19.0. The lowest BCUT2D eigenvalue weighted by Crippen LogP contribution is -2.36. The Morgan fingerprint density at radius 3 is 2.64 bits per heavy atom. The zero-order valence-corrected chi connectivity index (χ0v) is 14.0. The Hall–Kier alpha value is -2.29. The van der Waals surface area contributed by atoms with E-state index < -0.39 is 17.7 Å². The van der Waals surface area contributed by atoms with E-state index in [2.05, 4.69) is 10.5 Å². The molecule has 0 aromatic heterocycles. The molecular weight excluding hydrogens is 339 g/mol. The number of nitrogens with zero attached hydrogens (tertiary/aromatic N) is 2. The van der Waals surface area contributed by atoms with Crippen molar-refractivity contribution in [3.63, 3.8) is 0 Å². The molecule has 0 bridgehead atoms. The summed E-state index contributed by atoms with van der Waals surface area (Å²) in [5, 5.41) is 3.86. The standard InChI is InChI=1S/C16H20F3N3O3/c1-3-25-15(23)11(2)20-21-13-10-12(16(17,18)19)4-5-14(13)22-6-8-24-9-7-22/h4-5,10,21H,3,6-9H2,1-2H3/b20-11+. The Kier molecular flexibility index (Phi) is 6.24. The number of benzene rings is 1. The van der Waals surface area contributed by atoms with E-state index in [4.69, 9.17) is 9.47 Å². The van der Waals surface area contributed by atoms with Gasteiger partial charge in [0.05, 0.1) is 36.8 Å². The Morgan fingerprint density at radius 2 is 2.04 bits per heavy atom. The third-order valence-electron chi connectivity index (χ3n) is 3.59. The van der Waals surface area contributed by atoms with E-state index in [0.29, 0.717) is 32.0 Å². The van der Waals surface area contributed by atoms with E-state index in [9.17, 15) is 18.0 Å². The minimum atomic E-state index is -4.47. The summed E-state index contributed by atoms with van der Waals surface area (Å²) in [5.74, 6) is -0.630. The van der Waals surface area contributed by atoms with Crippen LogP contribution in [0.4, 0.5) is 24.5 Å². The average Bonchev–Trinajstić information content (AvgIpc) is 2.59. The molecule has 6 nitrogen and oxygen atoms in total. The highest BCUT2D eigenvalue weighted by molar-refractivity contribution is 6.35. The molecule has 0 radical (unpaired) electrons. The molecule has 1 heterocycles. The molecule has 1 aromatic rings. The fourth-order valence-electron chi connectivity index (χ4n) is 2.31. The van der Waals surface area contributed by atoms with E-state index >= 15 is 0 Å². The van der Waals surface area contributed by atoms with Crippen LogP contribution in [0.3, 0.4) is 0 Å². The van der Waals surface area contributed by atoms with Gasteiger partial charge < -0.3 is 14.4 Å². The lowest BCUT2D eigenvalue weighted by atomic mass is 10.1. The van der Waals surface area contributed by atoms with Gasteiger partial charge in [0, 0.05) is 13.1 Å². The highest BCUT2D eigenvalue weighted by atomic mass is 19.4. The lowest BCUT2D eigenvalue weighted by molar-refractivity contribution is -0.137. The highest BCUT2D eigenvalue weighted by Gasteiger charge is 2.31. The first-order valence-corrected chi connectivity index (χ1v) is 7.84. The Balaban J connectivity index is 2.30. The van der Waals surface area contributed by atoms with E-state index in [1.54, 1.807) is 6.92 Å². The summed E-state index contributed by atoms with van der Waals surface area (Å²) in [5.41, 5.74) is 2.53. The second-order valence-corrected chi connectivity index (χ2v) is 5.36. The van der Waals surface area contributed by atoms with Crippen molar-refractivity contribution in [3.05, 3.63) is 23.8 Å². The van der Waals surface area contributed by atoms with Gasteiger partial charge in [0.15, 0.2) is 0 Å². The SMILES string of the molecule is CCOC(=O)/C(C)=N/Nc1cc(C(F)(F)F)ccc1N1CCOCC1. The van der Waals surface area contributed by atoms with Crippen molar-refractivity contribution < 1.29 is 27.4 Å². The quantitative estimate of drug-likeness (QED) is 0.498. The number of hydrogen-bond acceptors (Lipinski definition) is 6. The van der Waals surface area contributed by atoms with Gasteiger partial charge in [-0.3, -0.25) is 5.43 Å². The Labute approximate surface area is 143 Å². The maximum absolute atomic E-state index is 13.0. The van der Waals surface area contributed by atoms with Gasteiger partial charge in [0.1, 0.15) is 5.71 Å². The molecule has 1 aliphatic heterocycles. The van der Waals surface area contributed by atoms with Crippen LogP contribution >= 0.6 is 0 Å². The van der Waals surface area contributed by atoms with Crippen LogP contribution in [0.1, 0.15) is 19.4 Å². The molecule has 0 atom stereocenters. The molecule has 0 unspecified atom stereocenters. The summed E-state index contributed by atoms with van der Waals surface area (Å²) in [6.45, 7) is 5.36. The number of morpholine rings is 1. The van der Waals surface area contributed by atoms with Crippen LogP contribution in [-0.2, 0) is 20.4 Å². The van der Waals surface area contributed by atoms with Crippen LogP contribution in [-0.4, -0.2) is 44.6 Å². The zero-order chi connectivity index (χ0) is 18.4. The predicted molar refractivity (Wildman–Crippen MR) is 87.8 cm³/mol. The van der Waals surface area contributed by atoms with Crippen molar-refractivity contribution in [1.29, 1.82) is 0 Å². The maximum atomic E-state index is 13.0. The van der Waals surface area contributed by atoms with Gasteiger partial charge in [-0.2, -0.15) is 18.3 Å². The Morgan fingerprint density at radius 1 is 1.36 bits per heavy atom. The molecule has 138 valence electrons. The second kappa shape index (κ2) is 8.19. The minimum Gasteiger partial charge on any atom is -0.461 e. The molecule has 1 N–H and O–H groups in total. The van der Waals surface area contributed by atoms with Crippen LogP contribution in [0.5, 0.6) is 0 Å². The molecule has 0 saturated carbocycles. The zero-order valence-electron chi connectivity index (χ0n) is 14.0. The number of hydrazone groups is 1. The normalized spacial score (nSPS) is 15.9. The van der Waals surface area contributed by atoms with Crippen molar-refractivity contribution >= 4 is 23.1 Å². The van der Waals surface area contributed by atoms with Gasteiger partial charge in [-0.25, -0.2) is 4.79 Å². The smallest absolute Gasteiger partial charge is 0.416 e. The van der Waals surface area contributed by atoms with Crippen LogP contribution in [0.25, 0.3) is 0 Å². The monoisotopic (exact) mass is 359 g/mol. The fourth-order valence-corrected chi connectivity index (χ4v) is 2.31. The Bertz CT molecular complexity index is 641. The number of rotatable bonds is 5. The number of hydrogen-bond donors (Lipinski definition) is 1. The van der Waals surface area contributed by atoms with Crippen molar-refractivity contribution in [3.8, 4) is 0 Å². The maximum Gasteiger partial charge on any atom is 0.416 e. The fraction of sp³-hybridized carbons (Fsp3) is 0.500. The van der Waals surface area contributed by atoms with E-state index in [0.717, 1.165) is 12.1 Å². The van der Waals surface area contributed by atoms with Crippen LogP contribution in [0.2, 0.25) is 0 Å². The first-order valence-electron chi connectivity index (χ1n) is 7.84. The molecule has 2 rings (SSSR count). The van der Waals surface area contributed by atoms with Gasteiger partial charge in [0.25, 0.3) is 0 Å². The van der Waals surface area contributed by atoms with Crippen LogP contribution < -0.4 is 10.3 Å². The number of carbonyl (C=O) groups is 1. The van der Waals surface area contributed by atoms with E-state index in [-0.39, 0.29) is 18.0 Å². The van der Waals surface area contributed by atoms with Gasteiger partial charge in [-0.15, -0.1) is 0 Å². The molecule has 1 aliphatic rings. The number of ether oxygens (including phenoxy) is 2. The van der Waals surface area contributed by atoms with Crippen molar-refractivity contribution in [2.75, 3.05) is 43.2 Å². The molecule has 0 spiro atoms. The predicted octanol–water partition coefficient (Wildman–Crippen LogP) is 2.89. The van der Waals surface area contributed by atoms with Crippen molar-refractivity contribution in [2.45, 2.75) is 20.0 Å².